The van der Waals surface area contributed by atoms with Crippen molar-refractivity contribution in [1.29, 1.82) is 0 Å². The average Bonchev–Trinajstić information content (AvgIpc) is 3.03. The van der Waals surface area contributed by atoms with Crippen molar-refractivity contribution in [3.05, 3.63) is 35.1 Å². The molecule has 1 amide bonds. The fourth-order valence-electron chi connectivity index (χ4n) is 1.65. The number of anilines is 1. The monoisotopic (exact) mass is 372 g/mol. The van der Waals surface area contributed by atoms with Crippen LogP contribution in [0, 0.1) is 5.82 Å². The first-order valence-corrected chi connectivity index (χ1v) is 7.63. The number of aromatic nitrogens is 2. The van der Waals surface area contributed by atoms with Gasteiger partial charge in [0.05, 0.1) is 10.2 Å². The summed E-state index contributed by atoms with van der Waals surface area (Å²) in [5.74, 6) is -0.945. The van der Waals surface area contributed by atoms with E-state index in [0.717, 1.165) is 16.0 Å². The van der Waals surface area contributed by atoms with Crippen LogP contribution >= 0.6 is 35.1 Å². The summed E-state index contributed by atoms with van der Waals surface area (Å²) in [4.78, 5) is 24.0. The molecule has 2 aromatic heterocycles. The molecule has 0 fully saturated rings. The third kappa shape index (κ3) is 3.92. The van der Waals surface area contributed by atoms with Crippen LogP contribution in [0.15, 0.2) is 28.6 Å². The Labute approximate surface area is 143 Å². The van der Waals surface area contributed by atoms with Gasteiger partial charge in [-0.15, -0.1) is 23.7 Å². The first-order chi connectivity index (χ1) is 10.5. The summed E-state index contributed by atoms with van der Waals surface area (Å²) in [6.07, 6.45) is 0. The summed E-state index contributed by atoms with van der Waals surface area (Å²) in [5, 5.41) is 4.80. The number of nitrogens with two attached hydrogens (primary N) is 2. The average molecular weight is 373 g/mol. The van der Waals surface area contributed by atoms with Gasteiger partial charge in [-0.25, -0.2) is 14.4 Å². The Hall–Kier alpha value is -2.30. The van der Waals surface area contributed by atoms with Crippen LogP contribution in [-0.2, 0) is 0 Å². The number of nitrogens with zero attached hydrogens (tertiary/aromatic N) is 3. The van der Waals surface area contributed by atoms with Gasteiger partial charge in [-0.2, -0.15) is 4.99 Å². The lowest BCUT2D eigenvalue weighted by molar-refractivity contribution is 0.102. The number of halogens is 2. The molecule has 120 valence electrons. The lowest BCUT2D eigenvalue weighted by Crippen LogP contribution is -2.21. The Kier molecular flexibility index (Phi) is 5.08. The Bertz CT molecular complexity index is 889. The van der Waals surface area contributed by atoms with Crippen LogP contribution in [0.1, 0.15) is 10.5 Å². The molecule has 0 saturated carbocycles. The number of carbonyl (C=O) groups excluding carboxylic acids is 1. The molecule has 2 heterocycles. The van der Waals surface area contributed by atoms with Gasteiger partial charge in [-0.1, -0.05) is 11.3 Å². The number of rotatable bonds is 3. The number of fused-ring (bicyclic) bond motifs is 1. The molecule has 3 aromatic rings. The van der Waals surface area contributed by atoms with Gasteiger partial charge in [0.2, 0.25) is 5.13 Å². The summed E-state index contributed by atoms with van der Waals surface area (Å²) in [6, 6.07) is 4.26. The highest BCUT2D eigenvalue weighted by atomic mass is 35.5. The van der Waals surface area contributed by atoms with E-state index in [2.05, 4.69) is 20.3 Å². The number of amides is 1. The standard InChI is InChI=1S/C12H9FN6OS2.ClH/c13-5-1-2-8-6(3-5)16-12(22-8)18-9(20)7-4-21-11(17-7)19-10(14)15;/h1-4H,(H,16,18,20)(H4,14,15,17,19);1H. The van der Waals surface area contributed by atoms with Crippen LogP contribution in [0.5, 0.6) is 0 Å². The predicted octanol–water partition coefficient (Wildman–Crippen LogP) is 2.47. The molecule has 0 radical (unpaired) electrons. The van der Waals surface area contributed by atoms with Gasteiger partial charge in [0.15, 0.2) is 11.1 Å². The van der Waals surface area contributed by atoms with Gasteiger partial charge in [0.25, 0.3) is 5.91 Å². The Morgan fingerprint density at radius 3 is 2.83 bits per heavy atom. The second kappa shape index (κ2) is 6.86. The van der Waals surface area contributed by atoms with Crippen molar-refractivity contribution in [2.45, 2.75) is 0 Å². The van der Waals surface area contributed by atoms with Gasteiger partial charge < -0.3 is 11.5 Å². The maximum Gasteiger partial charge on any atom is 0.276 e. The molecule has 5 N–H and O–H groups in total. The number of aliphatic imine (C=N–C) groups is 1. The van der Waals surface area contributed by atoms with E-state index >= 15 is 0 Å². The van der Waals surface area contributed by atoms with Gasteiger partial charge in [-0.3, -0.25) is 10.1 Å². The number of guanidine groups is 1. The Balaban J connectivity index is 0.00000192. The number of benzene rings is 1. The molecule has 0 aliphatic rings. The van der Waals surface area contributed by atoms with Crippen molar-refractivity contribution in [3.8, 4) is 0 Å². The molecule has 0 unspecified atom stereocenters. The smallest absolute Gasteiger partial charge is 0.276 e. The highest BCUT2D eigenvalue weighted by Gasteiger charge is 2.13. The molecule has 0 aliphatic heterocycles. The second-order valence-electron chi connectivity index (χ2n) is 4.14. The fourth-order valence-corrected chi connectivity index (χ4v) is 3.17. The first-order valence-electron chi connectivity index (χ1n) is 5.94. The SMILES string of the molecule is Cl.NC(N)=Nc1nc(C(=O)Nc2nc3cc(F)ccc3s2)cs1. The van der Waals surface area contributed by atoms with Gasteiger partial charge >= 0.3 is 0 Å². The number of hydrogen-bond donors (Lipinski definition) is 3. The topological polar surface area (TPSA) is 119 Å². The molecule has 7 nitrogen and oxygen atoms in total. The van der Waals surface area contributed by atoms with E-state index in [1.807, 2.05) is 0 Å². The van der Waals surface area contributed by atoms with Crippen LogP contribution in [0.2, 0.25) is 0 Å². The highest BCUT2D eigenvalue weighted by Crippen LogP contribution is 2.27. The molecule has 1 aromatic carbocycles. The summed E-state index contributed by atoms with van der Waals surface area (Å²) < 4.78 is 13.9. The van der Waals surface area contributed by atoms with Gasteiger partial charge in [0, 0.05) is 11.4 Å². The summed E-state index contributed by atoms with van der Waals surface area (Å²) in [6.45, 7) is 0. The van der Waals surface area contributed by atoms with Crippen molar-refractivity contribution >= 4 is 67.4 Å². The van der Waals surface area contributed by atoms with Gasteiger partial charge in [0.1, 0.15) is 11.5 Å². The van der Waals surface area contributed by atoms with Crippen LogP contribution in [0.4, 0.5) is 14.7 Å². The Morgan fingerprint density at radius 2 is 2.09 bits per heavy atom. The summed E-state index contributed by atoms with van der Waals surface area (Å²) in [7, 11) is 0. The van der Waals surface area contributed by atoms with Crippen LogP contribution in [-0.4, -0.2) is 21.8 Å². The molecular weight excluding hydrogens is 363 g/mol. The zero-order chi connectivity index (χ0) is 15.7. The highest BCUT2D eigenvalue weighted by molar-refractivity contribution is 7.22. The van der Waals surface area contributed by atoms with E-state index in [1.165, 1.54) is 28.8 Å². The first kappa shape index (κ1) is 17.1. The van der Waals surface area contributed by atoms with Crippen molar-refractivity contribution in [2.75, 3.05) is 5.32 Å². The van der Waals surface area contributed by atoms with E-state index in [1.54, 1.807) is 6.07 Å². The third-order valence-electron chi connectivity index (χ3n) is 2.52. The largest absolute Gasteiger partial charge is 0.370 e. The van der Waals surface area contributed by atoms with E-state index < -0.39 is 5.91 Å². The lowest BCUT2D eigenvalue weighted by atomic mass is 10.3. The Morgan fingerprint density at radius 1 is 1.30 bits per heavy atom. The number of thiazole rings is 2. The number of nitrogens with one attached hydrogen (secondary N) is 1. The maximum atomic E-state index is 13.1. The summed E-state index contributed by atoms with van der Waals surface area (Å²) in [5.41, 5.74) is 11.1. The van der Waals surface area contributed by atoms with Crippen molar-refractivity contribution in [2.24, 2.45) is 16.5 Å². The van der Waals surface area contributed by atoms with Crippen molar-refractivity contribution < 1.29 is 9.18 Å². The van der Waals surface area contributed by atoms with Crippen LogP contribution < -0.4 is 16.8 Å². The molecule has 0 aliphatic carbocycles. The summed E-state index contributed by atoms with van der Waals surface area (Å²) >= 11 is 2.38. The molecule has 3 rings (SSSR count). The molecule has 11 heteroatoms. The van der Waals surface area contributed by atoms with Crippen molar-refractivity contribution in [1.82, 2.24) is 9.97 Å². The van der Waals surface area contributed by atoms with Crippen molar-refractivity contribution in [3.63, 3.8) is 0 Å². The molecule has 23 heavy (non-hydrogen) atoms. The predicted molar refractivity (Wildman–Crippen MR) is 92.4 cm³/mol. The van der Waals surface area contributed by atoms with E-state index in [4.69, 9.17) is 11.5 Å². The molecule has 0 atom stereocenters. The minimum absolute atomic E-state index is 0. The molecule has 0 spiro atoms. The molecular formula is C12H10ClFN6OS2. The zero-order valence-electron chi connectivity index (χ0n) is 11.3. The quantitative estimate of drug-likeness (QED) is 0.482. The van der Waals surface area contributed by atoms with E-state index in [0.29, 0.717) is 10.6 Å². The third-order valence-corrected chi connectivity index (χ3v) is 4.21. The minimum atomic E-state index is -0.437. The second-order valence-corrected chi connectivity index (χ2v) is 6.00. The van der Waals surface area contributed by atoms with Crippen LogP contribution in [0.3, 0.4) is 0 Å². The molecule has 0 bridgehead atoms. The van der Waals surface area contributed by atoms with Crippen LogP contribution in [0.25, 0.3) is 10.2 Å². The van der Waals surface area contributed by atoms with Gasteiger partial charge in [-0.05, 0) is 12.1 Å². The molecule has 0 saturated heterocycles. The maximum absolute atomic E-state index is 13.1. The normalized spacial score (nSPS) is 10.1. The lowest BCUT2D eigenvalue weighted by Gasteiger charge is -1.96. The fraction of sp³-hybridized carbons (Fsp3) is 0. The number of carbonyl (C=O) groups is 1. The minimum Gasteiger partial charge on any atom is -0.370 e. The van der Waals surface area contributed by atoms with E-state index in [9.17, 15) is 9.18 Å². The zero-order valence-corrected chi connectivity index (χ0v) is 13.8. The van der Waals surface area contributed by atoms with E-state index in [-0.39, 0.29) is 35.0 Å². The number of hydrogen-bond acceptors (Lipinski definition) is 6.